The number of ether oxygens (including phenoxy) is 1. The van der Waals surface area contributed by atoms with Gasteiger partial charge >= 0.3 is 0 Å². The molecule has 6 nitrogen and oxygen atoms in total. The average molecular weight is 414 g/mol. The molecule has 0 spiro atoms. The number of anilines is 1. The van der Waals surface area contributed by atoms with Gasteiger partial charge in [-0.15, -0.1) is 0 Å². The lowest BCUT2D eigenvalue weighted by Gasteiger charge is -2.38. The molecule has 0 radical (unpaired) electrons. The van der Waals surface area contributed by atoms with Crippen LogP contribution in [0.4, 0.5) is 5.95 Å². The third-order valence-electron chi connectivity index (χ3n) is 5.47. The number of aromatic nitrogens is 4. The predicted molar refractivity (Wildman–Crippen MR) is 114 cm³/mol. The SMILES string of the molecule is Clc1cccc(C2Oc3ccccc3C3=C2C(c2cccnc2)n2ncnc2N3)c1. The zero-order valence-electron chi connectivity index (χ0n) is 15.7. The van der Waals surface area contributed by atoms with E-state index in [1.165, 1.54) is 0 Å². The molecule has 7 heteroatoms. The van der Waals surface area contributed by atoms with Crippen molar-refractivity contribution in [3.05, 3.63) is 107 Å². The van der Waals surface area contributed by atoms with Gasteiger partial charge in [0.1, 0.15) is 24.2 Å². The smallest absolute Gasteiger partial charge is 0.226 e. The van der Waals surface area contributed by atoms with Crippen LogP contribution in [0.5, 0.6) is 5.75 Å². The predicted octanol–water partition coefficient (Wildman–Crippen LogP) is 4.89. The Morgan fingerprint density at radius 3 is 2.77 bits per heavy atom. The number of pyridine rings is 1. The van der Waals surface area contributed by atoms with Crippen molar-refractivity contribution < 1.29 is 4.74 Å². The Bertz CT molecular complexity index is 1280. The van der Waals surface area contributed by atoms with E-state index in [0.717, 1.165) is 33.7 Å². The van der Waals surface area contributed by atoms with Crippen molar-refractivity contribution >= 4 is 23.2 Å². The fourth-order valence-corrected chi connectivity index (χ4v) is 4.42. The second-order valence-electron chi connectivity index (χ2n) is 7.22. The van der Waals surface area contributed by atoms with Gasteiger partial charge in [-0.1, -0.05) is 41.9 Å². The summed E-state index contributed by atoms with van der Waals surface area (Å²) in [5, 5.41) is 8.66. The Hall–Kier alpha value is -3.64. The van der Waals surface area contributed by atoms with E-state index >= 15 is 0 Å². The standard InChI is InChI=1S/C23H16ClN5O/c24-16-7-3-5-14(11-16)22-19-20(17-8-1-2-9-18(17)30-22)28-23-26-13-27-29(23)21(19)15-6-4-10-25-12-15/h1-13,21-22H,(H,26,27,28). The molecule has 30 heavy (non-hydrogen) atoms. The van der Waals surface area contributed by atoms with Crippen molar-refractivity contribution in [2.45, 2.75) is 12.1 Å². The maximum atomic E-state index is 6.55. The van der Waals surface area contributed by atoms with E-state index < -0.39 is 0 Å². The van der Waals surface area contributed by atoms with Gasteiger partial charge in [-0.2, -0.15) is 10.1 Å². The third-order valence-corrected chi connectivity index (χ3v) is 5.71. The molecule has 0 saturated heterocycles. The summed E-state index contributed by atoms with van der Waals surface area (Å²) >= 11 is 6.33. The van der Waals surface area contributed by atoms with E-state index in [1.54, 1.807) is 12.5 Å². The summed E-state index contributed by atoms with van der Waals surface area (Å²) in [6, 6.07) is 19.6. The van der Waals surface area contributed by atoms with E-state index in [0.29, 0.717) is 11.0 Å². The van der Waals surface area contributed by atoms with Crippen molar-refractivity contribution in [2.75, 3.05) is 5.32 Å². The first kappa shape index (κ1) is 17.2. The first-order valence-corrected chi connectivity index (χ1v) is 9.99. The van der Waals surface area contributed by atoms with Crippen LogP contribution in [0.1, 0.15) is 28.8 Å². The molecule has 4 heterocycles. The summed E-state index contributed by atoms with van der Waals surface area (Å²) in [6.07, 6.45) is 4.85. The highest BCUT2D eigenvalue weighted by Gasteiger charge is 2.40. The van der Waals surface area contributed by atoms with E-state index in [4.69, 9.17) is 16.3 Å². The van der Waals surface area contributed by atoms with Crippen molar-refractivity contribution in [3.63, 3.8) is 0 Å². The lowest BCUT2D eigenvalue weighted by molar-refractivity contribution is 0.223. The first-order chi connectivity index (χ1) is 14.8. The summed E-state index contributed by atoms with van der Waals surface area (Å²) < 4.78 is 8.43. The Morgan fingerprint density at radius 2 is 1.90 bits per heavy atom. The highest BCUT2D eigenvalue weighted by atomic mass is 35.5. The van der Waals surface area contributed by atoms with E-state index in [2.05, 4.69) is 32.5 Å². The van der Waals surface area contributed by atoms with Crippen LogP contribution in [0.2, 0.25) is 5.02 Å². The number of hydrogen-bond acceptors (Lipinski definition) is 5. The third kappa shape index (κ3) is 2.61. The number of nitrogens with zero attached hydrogens (tertiary/aromatic N) is 4. The second kappa shape index (κ2) is 6.71. The molecule has 2 aromatic heterocycles. The Kier molecular flexibility index (Phi) is 3.86. The summed E-state index contributed by atoms with van der Waals surface area (Å²) in [7, 11) is 0. The van der Waals surface area contributed by atoms with Gasteiger partial charge in [-0.3, -0.25) is 4.98 Å². The van der Waals surface area contributed by atoms with Crippen LogP contribution in [-0.4, -0.2) is 19.7 Å². The van der Waals surface area contributed by atoms with Gasteiger partial charge in [0.15, 0.2) is 0 Å². The van der Waals surface area contributed by atoms with Crippen LogP contribution in [0, 0.1) is 0 Å². The average Bonchev–Trinajstić information content (AvgIpc) is 3.26. The van der Waals surface area contributed by atoms with Crippen molar-refractivity contribution in [2.24, 2.45) is 0 Å². The summed E-state index contributed by atoms with van der Waals surface area (Å²) in [4.78, 5) is 8.78. The maximum Gasteiger partial charge on any atom is 0.226 e. The molecule has 4 aromatic rings. The zero-order chi connectivity index (χ0) is 20.1. The molecular weight excluding hydrogens is 398 g/mol. The van der Waals surface area contributed by atoms with E-state index in [-0.39, 0.29) is 12.1 Å². The number of fused-ring (bicyclic) bond motifs is 3. The van der Waals surface area contributed by atoms with Gasteiger partial charge in [0.2, 0.25) is 5.95 Å². The molecule has 2 aliphatic heterocycles. The first-order valence-electron chi connectivity index (χ1n) is 9.61. The number of halogens is 1. The topological polar surface area (TPSA) is 64.9 Å². The van der Waals surface area contributed by atoms with Crippen LogP contribution in [0.3, 0.4) is 0 Å². The highest BCUT2D eigenvalue weighted by molar-refractivity contribution is 6.30. The molecule has 0 bridgehead atoms. The molecular formula is C23H16ClN5O. The lowest BCUT2D eigenvalue weighted by atomic mass is 9.85. The quantitative estimate of drug-likeness (QED) is 0.507. The molecule has 0 fully saturated rings. The lowest BCUT2D eigenvalue weighted by Crippen LogP contribution is -2.32. The summed E-state index contributed by atoms with van der Waals surface area (Å²) in [5.41, 5.74) is 5.00. The molecule has 2 aromatic carbocycles. The van der Waals surface area contributed by atoms with Crippen LogP contribution >= 0.6 is 11.6 Å². The highest BCUT2D eigenvalue weighted by Crippen LogP contribution is 2.50. The number of rotatable bonds is 2. The molecule has 6 rings (SSSR count). The largest absolute Gasteiger partial charge is 0.480 e. The molecule has 0 saturated carbocycles. The van der Waals surface area contributed by atoms with Gasteiger partial charge in [0, 0.05) is 28.6 Å². The van der Waals surface area contributed by atoms with Gasteiger partial charge in [0.25, 0.3) is 0 Å². The summed E-state index contributed by atoms with van der Waals surface area (Å²) in [5.74, 6) is 1.50. The monoisotopic (exact) mass is 413 g/mol. The minimum absolute atomic E-state index is 0.218. The van der Waals surface area contributed by atoms with Crippen LogP contribution in [0.15, 0.2) is 85.0 Å². The number of para-hydroxylation sites is 1. The van der Waals surface area contributed by atoms with Crippen LogP contribution in [0.25, 0.3) is 5.70 Å². The molecule has 2 unspecified atom stereocenters. The van der Waals surface area contributed by atoms with Crippen molar-refractivity contribution in [1.82, 2.24) is 19.7 Å². The number of benzene rings is 2. The molecule has 1 N–H and O–H groups in total. The molecule has 2 aliphatic rings. The fourth-order valence-electron chi connectivity index (χ4n) is 4.22. The van der Waals surface area contributed by atoms with Crippen molar-refractivity contribution in [3.8, 4) is 5.75 Å². The number of nitrogens with one attached hydrogen (secondary N) is 1. The van der Waals surface area contributed by atoms with E-state index in [1.807, 2.05) is 59.4 Å². The molecule has 2 atom stereocenters. The Morgan fingerprint density at radius 1 is 1.00 bits per heavy atom. The normalized spacial score (nSPS) is 19.2. The molecule has 146 valence electrons. The minimum Gasteiger partial charge on any atom is -0.480 e. The van der Waals surface area contributed by atoms with Gasteiger partial charge in [-0.25, -0.2) is 4.68 Å². The molecule has 0 aliphatic carbocycles. The Labute approximate surface area is 177 Å². The van der Waals surface area contributed by atoms with Crippen molar-refractivity contribution in [1.29, 1.82) is 0 Å². The number of hydrogen-bond donors (Lipinski definition) is 1. The van der Waals surface area contributed by atoms with Crippen LogP contribution in [-0.2, 0) is 0 Å². The minimum atomic E-state index is -0.344. The van der Waals surface area contributed by atoms with Crippen LogP contribution < -0.4 is 10.1 Å². The van der Waals surface area contributed by atoms with Gasteiger partial charge in [0.05, 0.1) is 5.70 Å². The van der Waals surface area contributed by atoms with Gasteiger partial charge in [-0.05, 0) is 41.5 Å². The molecule has 0 amide bonds. The summed E-state index contributed by atoms with van der Waals surface area (Å²) in [6.45, 7) is 0. The Balaban J connectivity index is 1.64. The van der Waals surface area contributed by atoms with Gasteiger partial charge < -0.3 is 10.1 Å². The second-order valence-corrected chi connectivity index (χ2v) is 7.66. The van der Waals surface area contributed by atoms with E-state index in [9.17, 15) is 0 Å². The maximum absolute atomic E-state index is 6.55. The zero-order valence-corrected chi connectivity index (χ0v) is 16.5. The fraction of sp³-hybridized carbons (Fsp3) is 0.0870.